The summed E-state index contributed by atoms with van der Waals surface area (Å²) in [7, 11) is 0. The minimum absolute atomic E-state index is 0.0862. The average Bonchev–Trinajstić information content (AvgIpc) is 3.33. The van der Waals surface area contributed by atoms with Gasteiger partial charge in [0.25, 0.3) is 5.91 Å². The third-order valence-electron chi connectivity index (χ3n) is 4.83. The molecule has 2 fully saturated rings. The van der Waals surface area contributed by atoms with Gasteiger partial charge in [0.15, 0.2) is 5.69 Å². The summed E-state index contributed by atoms with van der Waals surface area (Å²) in [5, 5.41) is 10.8. The largest absolute Gasteiger partial charge is 0.338 e. The zero-order chi connectivity index (χ0) is 18.7. The maximum absolute atomic E-state index is 13.9. The molecule has 2 saturated heterocycles. The Bertz CT molecular complexity index is 643. The molecule has 0 unspecified atom stereocenters. The quantitative estimate of drug-likeness (QED) is 0.851. The first-order chi connectivity index (χ1) is 12.4. The van der Waals surface area contributed by atoms with Crippen LogP contribution < -0.4 is 5.32 Å². The second-order valence-corrected chi connectivity index (χ2v) is 7.54. The molecule has 2 aliphatic rings. The number of carbonyl (C=O) groups excluding carboxylic acids is 2. The molecule has 3 heterocycles. The highest BCUT2D eigenvalue weighted by Crippen LogP contribution is 2.22. The lowest BCUT2D eigenvalue weighted by Gasteiger charge is -2.24. The molecular weight excluding hydrogens is 339 g/mol. The fourth-order valence-corrected chi connectivity index (χ4v) is 3.46. The van der Waals surface area contributed by atoms with Crippen LogP contribution in [0.1, 0.15) is 43.6 Å². The van der Waals surface area contributed by atoms with E-state index in [4.69, 9.17) is 0 Å². The number of nitrogens with zero attached hydrogens (tertiary/aromatic N) is 5. The van der Waals surface area contributed by atoms with Crippen LogP contribution >= 0.6 is 0 Å². The molecule has 0 aromatic carbocycles. The molecule has 0 radical (unpaired) electrons. The van der Waals surface area contributed by atoms with Crippen LogP contribution in [0.15, 0.2) is 6.20 Å². The van der Waals surface area contributed by atoms with Gasteiger partial charge in [0.2, 0.25) is 0 Å². The van der Waals surface area contributed by atoms with Crippen molar-refractivity contribution in [3.8, 4) is 0 Å². The number of amides is 3. The number of halogens is 1. The van der Waals surface area contributed by atoms with E-state index in [1.807, 2.05) is 13.8 Å². The summed E-state index contributed by atoms with van der Waals surface area (Å²) in [4.78, 5) is 28.0. The van der Waals surface area contributed by atoms with Crippen LogP contribution in [0.25, 0.3) is 0 Å². The molecule has 26 heavy (non-hydrogen) atoms. The Morgan fingerprint density at radius 1 is 1.35 bits per heavy atom. The van der Waals surface area contributed by atoms with Crippen molar-refractivity contribution in [1.29, 1.82) is 0 Å². The fourth-order valence-electron chi connectivity index (χ4n) is 3.46. The summed E-state index contributed by atoms with van der Waals surface area (Å²) in [6.07, 6.45) is 2.85. The lowest BCUT2D eigenvalue weighted by Crippen LogP contribution is -2.45. The Morgan fingerprint density at radius 2 is 2.08 bits per heavy atom. The molecule has 0 saturated carbocycles. The van der Waals surface area contributed by atoms with E-state index in [1.54, 1.807) is 11.1 Å². The van der Waals surface area contributed by atoms with Crippen LogP contribution in [-0.4, -0.2) is 75.1 Å². The molecule has 1 N–H and O–H groups in total. The molecule has 8 nitrogen and oxygen atoms in total. The first-order valence-electron chi connectivity index (χ1n) is 9.32. The van der Waals surface area contributed by atoms with Gasteiger partial charge < -0.3 is 15.1 Å². The molecule has 9 heteroatoms. The molecular formula is C17H27FN6O2. The molecule has 0 aliphatic carbocycles. The second kappa shape index (κ2) is 8.01. The van der Waals surface area contributed by atoms with Gasteiger partial charge in [0.05, 0.1) is 25.3 Å². The van der Waals surface area contributed by atoms with Crippen molar-refractivity contribution in [2.24, 2.45) is 5.92 Å². The third-order valence-corrected chi connectivity index (χ3v) is 4.83. The van der Waals surface area contributed by atoms with Gasteiger partial charge in [-0.25, -0.2) is 13.9 Å². The summed E-state index contributed by atoms with van der Waals surface area (Å²) in [6.45, 7) is 6.49. The number of hydrogen-bond acceptors (Lipinski definition) is 4. The number of aromatic nitrogens is 3. The van der Waals surface area contributed by atoms with Crippen LogP contribution in [0.3, 0.4) is 0 Å². The van der Waals surface area contributed by atoms with E-state index >= 15 is 0 Å². The number of rotatable bonds is 5. The second-order valence-electron chi connectivity index (χ2n) is 7.54. The van der Waals surface area contributed by atoms with Crippen molar-refractivity contribution in [3.63, 3.8) is 0 Å². The maximum atomic E-state index is 13.9. The van der Waals surface area contributed by atoms with E-state index in [1.165, 1.54) is 9.58 Å². The molecule has 144 valence electrons. The Balaban J connectivity index is 1.61. The number of hydrogen-bond donors (Lipinski definition) is 1. The van der Waals surface area contributed by atoms with Gasteiger partial charge in [-0.2, -0.15) is 0 Å². The van der Waals surface area contributed by atoms with E-state index in [2.05, 4.69) is 15.6 Å². The van der Waals surface area contributed by atoms with Crippen LogP contribution in [0.5, 0.6) is 0 Å². The van der Waals surface area contributed by atoms with Crippen molar-refractivity contribution in [3.05, 3.63) is 11.9 Å². The number of alkyl halides is 1. The zero-order valence-electron chi connectivity index (χ0n) is 15.4. The fraction of sp³-hybridized carbons (Fsp3) is 0.765. The van der Waals surface area contributed by atoms with E-state index < -0.39 is 6.17 Å². The van der Waals surface area contributed by atoms with Crippen molar-refractivity contribution >= 4 is 11.9 Å². The van der Waals surface area contributed by atoms with Crippen LogP contribution in [0.4, 0.5) is 9.18 Å². The minimum Gasteiger partial charge on any atom is -0.338 e. The third kappa shape index (κ3) is 4.31. The van der Waals surface area contributed by atoms with Gasteiger partial charge in [-0.15, -0.1) is 5.10 Å². The van der Waals surface area contributed by atoms with Crippen molar-refractivity contribution in [2.45, 2.75) is 51.9 Å². The number of nitrogens with one attached hydrogen (secondary N) is 1. The SMILES string of the molecule is CC(C)CNC(=O)N1C[C@@H](F)C[C@H]1Cn1cc(C(=O)N2CCCC2)nn1. The average molecular weight is 366 g/mol. The van der Waals surface area contributed by atoms with Gasteiger partial charge in [-0.1, -0.05) is 19.1 Å². The van der Waals surface area contributed by atoms with E-state index in [0.29, 0.717) is 24.7 Å². The summed E-state index contributed by atoms with van der Waals surface area (Å²) in [5.41, 5.74) is 0.303. The van der Waals surface area contributed by atoms with E-state index in [9.17, 15) is 14.0 Å². The topological polar surface area (TPSA) is 83.4 Å². The number of likely N-dealkylation sites (tertiary alicyclic amines) is 2. The molecule has 1 aromatic rings. The van der Waals surface area contributed by atoms with Gasteiger partial charge in [-0.3, -0.25) is 4.79 Å². The Morgan fingerprint density at radius 3 is 2.77 bits per heavy atom. The normalized spacial score (nSPS) is 23.1. The van der Waals surface area contributed by atoms with E-state index in [-0.39, 0.29) is 30.9 Å². The van der Waals surface area contributed by atoms with Crippen LogP contribution in [0.2, 0.25) is 0 Å². The van der Waals surface area contributed by atoms with E-state index in [0.717, 1.165) is 25.9 Å². The predicted octanol–water partition coefficient (Wildman–Crippen LogP) is 1.29. The van der Waals surface area contributed by atoms with Gasteiger partial charge >= 0.3 is 6.03 Å². The Kier molecular flexibility index (Phi) is 5.73. The highest BCUT2D eigenvalue weighted by atomic mass is 19.1. The highest BCUT2D eigenvalue weighted by molar-refractivity contribution is 5.92. The predicted molar refractivity (Wildman–Crippen MR) is 93.4 cm³/mol. The van der Waals surface area contributed by atoms with Gasteiger partial charge in [0, 0.05) is 26.1 Å². The first-order valence-corrected chi connectivity index (χ1v) is 9.32. The molecule has 2 atom stereocenters. The molecule has 1 aromatic heterocycles. The standard InChI is InChI=1S/C17H27FN6O2/c1-12(2)8-19-17(26)24-9-13(18)7-14(24)10-23-11-15(20-21-23)16(25)22-5-3-4-6-22/h11-14H,3-10H2,1-2H3,(H,19,26)/t13-,14-/m0/s1. The highest BCUT2D eigenvalue weighted by Gasteiger charge is 2.36. The van der Waals surface area contributed by atoms with Crippen molar-refractivity contribution < 1.29 is 14.0 Å². The minimum atomic E-state index is -1.04. The number of urea groups is 1. The zero-order valence-corrected chi connectivity index (χ0v) is 15.4. The van der Waals surface area contributed by atoms with Crippen LogP contribution in [0, 0.1) is 5.92 Å². The maximum Gasteiger partial charge on any atom is 0.317 e. The molecule has 2 aliphatic heterocycles. The van der Waals surface area contributed by atoms with Gasteiger partial charge in [0.1, 0.15) is 6.17 Å². The molecule has 0 spiro atoms. The Labute approximate surface area is 152 Å². The smallest absolute Gasteiger partial charge is 0.317 e. The monoisotopic (exact) mass is 366 g/mol. The summed E-state index contributed by atoms with van der Waals surface area (Å²) in [6, 6.07) is -0.550. The number of carbonyl (C=O) groups is 2. The van der Waals surface area contributed by atoms with Crippen LogP contribution in [-0.2, 0) is 6.54 Å². The summed E-state index contributed by atoms with van der Waals surface area (Å²) >= 11 is 0. The van der Waals surface area contributed by atoms with Gasteiger partial charge in [-0.05, 0) is 18.8 Å². The first kappa shape index (κ1) is 18.6. The Hall–Kier alpha value is -2.19. The van der Waals surface area contributed by atoms with Crippen molar-refractivity contribution in [2.75, 3.05) is 26.2 Å². The van der Waals surface area contributed by atoms with Crippen molar-refractivity contribution in [1.82, 2.24) is 30.1 Å². The molecule has 3 rings (SSSR count). The lowest BCUT2D eigenvalue weighted by atomic mass is 10.2. The lowest BCUT2D eigenvalue weighted by molar-refractivity contribution is 0.0787. The molecule has 0 bridgehead atoms. The summed E-state index contributed by atoms with van der Waals surface area (Å²) < 4.78 is 15.4. The summed E-state index contributed by atoms with van der Waals surface area (Å²) in [5.74, 6) is 0.214. The molecule has 3 amide bonds.